The maximum Gasteiger partial charge on any atom is 0.434 e. The fraction of sp³-hybridized carbons (Fsp3) is 0.444. The zero-order valence-corrected chi connectivity index (χ0v) is 13.6. The van der Waals surface area contributed by atoms with E-state index in [1.54, 1.807) is 6.07 Å². The second kappa shape index (κ2) is 6.20. The normalized spacial score (nSPS) is 23.2. The van der Waals surface area contributed by atoms with Gasteiger partial charge in [0.25, 0.3) is 0 Å². The number of piperidine rings is 1. The van der Waals surface area contributed by atoms with Crippen molar-refractivity contribution in [3.05, 3.63) is 51.8 Å². The molecule has 0 unspecified atom stereocenters. The van der Waals surface area contributed by atoms with E-state index in [0.29, 0.717) is 24.5 Å². The van der Waals surface area contributed by atoms with Crippen LogP contribution < -0.4 is 5.76 Å². The molecule has 0 spiro atoms. The van der Waals surface area contributed by atoms with E-state index in [9.17, 15) is 9.59 Å². The van der Waals surface area contributed by atoms with E-state index in [0.717, 1.165) is 24.8 Å². The molecule has 1 aliphatic heterocycles. The monoisotopic (exact) mass is 338 g/mol. The number of aromatic nitrogens is 2. The lowest BCUT2D eigenvalue weighted by Crippen LogP contribution is -2.39. The Bertz CT molecular complexity index is 886. The Morgan fingerprint density at radius 3 is 2.84 bits per heavy atom. The third-order valence-corrected chi connectivity index (χ3v) is 5.16. The number of amides is 1. The first-order valence-corrected chi connectivity index (χ1v) is 8.50. The quantitative estimate of drug-likeness (QED) is 0.918. The van der Waals surface area contributed by atoms with Gasteiger partial charge in [-0.05, 0) is 42.9 Å². The highest BCUT2D eigenvalue weighted by molar-refractivity contribution is 5.83. The Balaban J connectivity index is 1.35. The fourth-order valence-electron chi connectivity index (χ4n) is 3.67. The van der Waals surface area contributed by atoms with Gasteiger partial charge in [-0.3, -0.25) is 4.79 Å². The number of benzene rings is 1. The zero-order valence-electron chi connectivity index (χ0n) is 13.6. The number of nitrogens with zero attached hydrogens (tertiary/aromatic N) is 3. The average Bonchev–Trinajstić information content (AvgIpc) is 3.35. The van der Waals surface area contributed by atoms with E-state index in [1.807, 2.05) is 23.1 Å². The Hall–Kier alpha value is -2.88. The molecule has 0 radical (unpaired) electrons. The van der Waals surface area contributed by atoms with Gasteiger partial charge in [-0.25, -0.2) is 9.89 Å². The first-order valence-electron chi connectivity index (χ1n) is 8.50. The molecule has 2 atom stereocenters. The first kappa shape index (κ1) is 15.6. The second-order valence-electron chi connectivity index (χ2n) is 6.74. The van der Waals surface area contributed by atoms with Gasteiger partial charge in [0.05, 0.1) is 11.6 Å². The molecule has 1 saturated heterocycles. The van der Waals surface area contributed by atoms with E-state index in [1.165, 1.54) is 0 Å². The number of hydrogen-bond acceptors (Lipinski definition) is 5. The molecule has 2 fully saturated rings. The maximum atomic E-state index is 12.7. The van der Waals surface area contributed by atoms with Crippen molar-refractivity contribution in [3.8, 4) is 6.07 Å². The standard InChI is InChI=1S/C18H18N4O3/c19-10-11-2-1-3-13(8-11)14-9-15(14)17(23)22-6-4-12(5-7-22)16-20-21-18(24)25-16/h1-3,8,12,14-15H,4-7,9H2,(H,21,24)/t14-,15+/m0/s1. The van der Waals surface area contributed by atoms with E-state index in [-0.39, 0.29) is 23.7 Å². The third-order valence-electron chi connectivity index (χ3n) is 5.16. The number of H-pyrrole nitrogens is 1. The van der Waals surface area contributed by atoms with Gasteiger partial charge in [0.15, 0.2) is 0 Å². The molecular weight excluding hydrogens is 320 g/mol. The van der Waals surface area contributed by atoms with Gasteiger partial charge < -0.3 is 9.32 Å². The van der Waals surface area contributed by atoms with Gasteiger partial charge in [0, 0.05) is 24.9 Å². The van der Waals surface area contributed by atoms with E-state index in [4.69, 9.17) is 9.68 Å². The van der Waals surface area contributed by atoms with Crippen molar-refractivity contribution >= 4 is 5.91 Å². The van der Waals surface area contributed by atoms with Crippen LogP contribution in [0.3, 0.4) is 0 Å². The van der Waals surface area contributed by atoms with Crippen molar-refractivity contribution in [1.29, 1.82) is 5.26 Å². The van der Waals surface area contributed by atoms with Crippen molar-refractivity contribution in [2.24, 2.45) is 5.92 Å². The predicted molar refractivity (Wildman–Crippen MR) is 87.7 cm³/mol. The molecule has 2 heterocycles. The molecule has 2 aromatic rings. The molecular formula is C18H18N4O3. The van der Waals surface area contributed by atoms with Gasteiger partial charge in [-0.15, -0.1) is 5.10 Å². The Kier molecular flexibility index (Phi) is 3.88. The summed E-state index contributed by atoms with van der Waals surface area (Å²) in [5.41, 5.74) is 1.71. The number of carbonyl (C=O) groups is 1. The molecule has 7 heteroatoms. The largest absolute Gasteiger partial charge is 0.434 e. The van der Waals surface area contributed by atoms with E-state index >= 15 is 0 Å². The molecule has 128 valence electrons. The van der Waals surface area contributed by atoms with Crippen LogP contribution >= 0.6 is 0 Å². The van der Waals surface area contributed by atoms with Gasteiger partial charge in [0.1, 0.15) is 0 Å². The van der Waals surface area contributed by atoms with Gasteiger partial charge in [0.2, 0.25) is 11.8 Å². The smallest absolute Gasteiger partial charge is 0.392 e. The number of likely N-dealkylation sites (tertiary alicyclic amines) is 1. The highest BCUT2D eigenvalue weighted by Gasteiger charge is 2.46. The minimum Gasteiger partial charge on any atom is -0.392 e. The number of rotatable bonds is 3. The number of carbonyl (C=O) groups excluding carboxylic acids is 1. The van der Waals surface area contributed by atoms with Crippen LogP contribution in [0.25, 0.3) is 0 Å². The summed E-state index contributed by atoms with van der Waals surface area (Å²) in [5, 5.41) is 15.2. The first-order chi connectivity index (χ1) is 12.2. The van der Waals surface area contributed by atoms with Crippen LogP contribution in [0.2, 0.25) is 0 Å². The summed E-state index contributed by atoms with van der Waals surface area (Å²) < 4.78 is 5.02. The van der Waals surface area contributed by atoms with Crippen molar-refractivity contribution < 1.29 is 9.21 Å². The minimum absolute atomic E-state index is 0.0220. The fourth-order valence-corrected chi connectivity index (χ4v) is 3.67. The van der Waals surface area contributed by atoms with Crippen LogP contribution in [0.5, 0.6) is 0 Å². The predicted octanol–water partition coefficient (Wildman–Crippen LogP) is 1.74. The molecule has 25 heavy (non-hydrogen) atoms. The van der Waals surface area contributed by atoms with Crippen molar-refractivity contribution in [2.45, 2.75) is 31.1 Å². The Morgan fingerprint density at radius 1 is 1.36 bits per heavy atom. The number of nitriles is 1. The van der Waals surface area contributed by atoms with Crippen LogP contribution in [0, 0.1) is 17.2 Å². The van der Waals surface area contributed by atoms with Crippen LogP contribution in [-0.2, 0) is 4.79 Å². The molecule has 0 bridgehead atoms. The van der Waals surface area contributed by atoms with E-state index < -0.39 is 5.76 Å². The summed E-state index contributed by atoms with van der Waals surface area (Å²) in [4.78, 5) is 25.7. The molecule has 1 amide bonds. The molecule has 4 rings (SSSR count). The van der Waals surface area contributed by atoms with Crippen LogP contribution in [0.1, 0.15) is 48.1 Å². The Labute approximate surface area is 144 Å². The molecule has 2 aliphatic rings. The van der Waals surface area contributed by atoms with E-state index in [2.05, 4.69) is 16.3 Å². The molecule has 7 nitrogen and oxygen atoms in total. The van der Waals surface area contributed by atoms with Crippen LogP contribution in [0.4, 0.5) is 0 Å². The summed E-state index contributed by atoms with van der Waals surface area (Å²) in [5.74, 6) is 0.430. The SMILES string of the molecule is N#Cc1cccc([C@@H]2C[C@H]2C(=O)N2CCC(c3n[nH]c(=O)o3)CC2)c1. The number of hydrogen-bond donors (Lipinski definition) is 1. The molecule has 1 aromatic heterocycles. The van der Waals surface area contributed by atoms with Crippen molar-refractivity contribution in [3.63, 3.8) is 0 Å². The maximum absolute atomic E-state index is 12.7. The van der Waals surface area contributed by atoms with Gasteiger partial charge >= 0.3 is 5.76 Å². The highest BCUT2D eigenvalue weighted by atomic mass is 16.4. The summed E-state index contributed by atoms with van der Waals surface area (Å²) in [6.45, 7) is 1.31. The average molecular weight is 338 g/mol. The number of nitrogens with one attached hydrogen (secondary N) is 1. The highest BCUT2D eigenvalue weighted by Crippen LogP contribution is 2.49. The Morgan fingerprint density at radius 2 is 2.16 bits per heavy atom. The van der Waals surface area contributed by atoms with Crippen LogP contribution in [-0.4, -0.2) is 34.1 Å². The second-order valence-corrected chi connectivity index (χ2v) is 6.74. The minimum atomic E-state index is -0.533. The molecule has 1 aliphatic carbocycles. The lowest BCUT2D eigenvalue weighted by Gasteiger charge is -2.30. The van der Waals surface area contributed by atoms with Crippen molar-refractivity contribution in [2.75, 3.05) is 13.1 Å². The third kappa shape index (κ3) is 3.07. The lowest BCUT2D eigenvalue weighted by atomic mass is 9.96. The van der Waals surface area contributed by atoms with Crippen molar-refractivity contribution in [1.82, 2.24) is 15.1 Å². The van der Waals surface area contributed by atoms with Gasteiger partial charge in [-0.2, -0.15) is 5.26 Å². The molecule has 1 aromatic carbocycles. The summed E-state index contributed by atoms with van der Waals surface area (Å²) in [6.07, 6.45) is 2.35. The summed E-state index contributed by atoms with van der Waals surface area (Å²) in [7, 11) is 0. The topological polar surface area (TPSA) is 103 Å². The zero-order chi connectivity index (χ0) is 17.4. The summed E-state index contributed by atoms with van der Waals surface area (Å²) in [6, 6.07) is 9.66. The summed E-state index contributed by atoms with van der Waals surface area (Å²) >= 11 is 0. The van der Waals surface area contributed by atoms with Crippen LogP contribution in [0.15, 0.2) is 33.5 Å². The molecule has 1 saturated carbocycles. The number of aromatic amines is 1. The molecule has 1 N–H and O–H groups in total. The lowest BCUT2D eigenvalue weighted by molar-refractivity contribution is -0.133. The van der Waals surface area contributed by atoms with Gasteiger partial charge in [-0.1, -0.05) is 12.1 Å².